The summed E-state index contributed by atoms with van der Waals surface area (Å²) in [4.78, 5) is 27.2. The predicted octanol–water partition coefficient (Wildman–Crippen LogP) is 5.36. The Kier molecular flexibility index (Phi) is 8.41. The van der Waals surface area contributed by atoms with E-state index >= 15 is 0 Å². The first kappa shape index (κ1) is 25.9. The molecule has 0 aromatic heterocycles. The molecule has 1 heterocycles. The van der Waals surface area contributed by atoms with Crippen LogP contribution >= 0.6 is 11.8 Å². The number of nitrogens with one attached hydrogen (secondary N) is 1. The molecule has 0 saturated heterocycles. The van der Waals surface area contributed by atoms with E-state index in [1.807, 2.05) is 37.3 Å². The standard InChI is InChI=1S/C29H33NO5S/c1-5-36-14-13-35-29(32)26-18(2)30-23-15-20(19-9-7-6-8-10-19)16-24(31)28(23)27(26)22-12-11-21(33-3)17-25(22)34-4/h6-12,17,20,27,30H,5,13-16H2,1-4H3/t20-,27+/m1/s1. The summed E-state index contributed by atoms with van der Waals surface area (Å²) in [6.45, 7) is 4.26. The maximum atomic E-state index is 13.8. The molecular formula is C29H33NO5S. The number of carbonyl (C=O) groups is 2. The highest BCUT2D eigenvalue weighted by Crippen LogP contribution is 2.48. The Morgan fingerprint density at radius 3 is 2.56 bits per heavy atom. The molecule has 2 aromatic carbocycles. The van der Waals surface area contributed by atoms with Crippen LogP contribution in [0.2, 0.25) is 0 Å². The topological polar surface area (TPSA) is 73.9 Å². The first-order valence-corrected chi connectivity index (χ1v) is 13.4. The van der Waals surface area contributed by atoms with Gasteiger partial charge in [0.15, 0.2) is 5.78 Å². The highest BCUT2D eigenvalue weighted by molar-refractivity contribution is 7.99. The zero-order valence-electron chi connectivity index (χ0n) is 21.3. The summed E-state index contributed by atoms with van der Waals surface area (Å²) in [6.07, 6.45) is 1.07. The van der Waals surface area contributed by atoms with Gasteiger partial charge < -0.3 is 19.5 Å². The molecular weight excluding hydrogens is 474 g/mol. The monoisotopic (exact) mass is 507 g/mol. The molecule has 7 heteroatoms. The van der Waals surface area contributed by atoms with Gasteiger partial charge in [-0.15, -0.1) is 0 Å². The number of esters is 1. The van der Waals surface area contributed by atoms with E-state index in [4.69, 9.17) is 14.2 Å². The Labute approximate surface area is 217 Å². The average Bonchev–Trinajstić information content (AvgIpc) is 2.90. The lowest BCUT2D eigenvalue weighted by Gasteiger charge is -2.37. The van der Waals surface area contributed by atoms with Crippen molar-refractivity contribution >= 4 is 23.5 Å². The highest BCUT2D eigenvalue weighted by atomic mass is 32.2. The molecule has 1 aliphatic heterocycles. The quantitative estimate of drug-likeness (QED) is 0.362. The molecule has 0 bridgehead atoms. The molecule has 0 fully saturated rings. The summed E-state index contributed by atoms with van der Waals surface area (Å²) in [7, 11) is 3.18. The van der Waals surface area contributed by atoms with Crippen LogP contribution in [0, 0.1) is 0 Å². The fourth-order valence-corrected chi connectivity index (χ4v) is 5.54. The lowest BCUT2D eigenvalue weighted by Crippen LogP contribution is -2.36. The molecule has 2 aliphatic rings. The number of Topliss-reactive ketones (excluding diaryl/α,β-unsaturated/α-hetero) is 1. The van der Waals surface area contributed by atoms with E-state index in [1.54, 1.807) is 32.0 Å². The summed E-state index contributed by atoms with van der Waals surface area (Å²) >= 11 is 1.72. The number of hydrogen-bond donors (Lipinski definition) is 1. The van der Waals surface area contributed by atoms with E-state index in [0.29, 0.717) is 47.8 Å². The summed E-state index contributed by atoms with van der Waals surface area (Å²) < 4.78 is 16.8. The van der Waals surface area contributed by atoms with Crippen LogP contribution < -0.4 is 14.8 Å². The van der Waals surface area contributed by atoms with Gasteiger partial charge in [0.25, 0.3) is 0 Å². The van der Waals surface area contributed by atoms with Crippen molar-refractivity contribution in [2.75, 3.05) is 32.3 Å². The van der Waals surface area contributed by atoms with Gasteiger partial charge in [-0.1, -0.05) is 43.3 Å². The van der Waals surface area contributed by atoms with Crippen LogP contribution in [0.3, 0.4) is 0 Å². The third-order valence-electron chi connectivity index (χ3n) is 6.74. The SMILES string of the molecule is CCSCCOC(=O)C1=C(C)NC2=C(C(=O)C[C@H](c3ccccc3)C2)[C@H]1c1ccc(OC)cc1OC. The minimum Gasteiger partial charge on any atom is -0.497 e. The summed E-state index contributed by atoms with van der Waals surface area (Å²) in [5.74, 6) is 1.99. The largest absolute Gasteiger partial charge is 0.497 e. The lowest BCUT2D eigenvalue weighted by molar-refractivity contribution is -0.138. The number of carbonyl (C=O) groups excluding carboxylic acids is 2. The molecule has 2 aromatic rings. The van der Waals surface area contributed by atoms with Crippen molar-refractivity contribution in [3.8, 4) is 11.5 Å². The van der Waals surface area contributed by atoms with E-state index in [0.717, 1.165) is 28.3 Å². The van der Waals surface area contributed by atoms with Gasteiger partial charge in [-0.25, -0.2) is 4.79 Å². The smallest absolute Gasteiger partial charge is 0.336 e. The molecule has 36 heavy (non-hydrogen) atoms. The van der Waals surface area contributed by atoms with Crippen molar-refractivity contribution < 1.29 is 23.8 Å². The number of allylic oxidation sites excluding steroid dienone is 3. The van der Waals surface area contributed by atoms with Crippen LogP contribution in [0.1, 0.15) is 49.7 Å². The van der Waals surface area contributed by atoms with Gasteiger partial charge in [0.1, 0.15) is 18.1 Å². The first-order chi connectivity index (χ1) is 17.5. The zero-order chi connectivity index (χ0) is 25.7. The van der Waals surface area contributed by atoms with Gasteiger partial charge in [-0.05, 0) is 36.6 Å². The lowest BCUT2D eigenvalue weighted by atomic mass is 9.71. The van der Waals surface area contributed by atoms with Gasteiger partial charge in [0.2, 0.25) is 0 Å². The fraction of sp³-hybridized carbons (Fsp3) is 0.379. The van der Waals surface area contributed by atoms with Crippen LogP contribution in [-0.2, 0) is 14.3 Å². The maximum Gasteiger partial charge on any atom is 0.336 e. The molecule has 4 rings (SSSR count). The number of methoxy groups -OCH3 is 2. The number of ether oxygens (including phenoxy) is 3. The van der Waals surface area contributed by atoms with Crippen LogP contribution in [0.15, 0.2) is 71.1 Å². The molecule has 0 unspecified atom stereocenters. The number of dihydropyridines is 1. The van der Waals surface area contributed by atoms with E-state index in [-0.39, 0.29) is 11.7 Å². The van der Waals surface area contributed by atoms with Crippen LogP contribution in [0.25, 0.3) is 0 Å². The zero-order valence-corrected chi connectivity index (χ0v) is 22.1. The Morgan fingerprint density at radius 2 is 1.86 bits per heavy atom. The molecule has 1 N–H and O–H groups in total. The third kappa shape index (κ3) is 5.31. The molecule has 0 saturated carbocycles. The van der Waals surface area contributed by atoms with Crippen molar-refractivity contribution in [3.05, 3.63) is 82.2 Å². The maximum absolute atomic E-state index is 13.8. The Balaban J connectivity index is 1.78. The Morgan fingerprint density at radius 1 is 1.08 bits per heavy atom. The van der Waals surface area contributed by atoms with E-state index in [2.05, 4.69) is 24.4 Å². The number of thioether (sulfide) groups is 1. The average molecular weight is 508 g/mol. The van der Waals surface area contributed by atoms with Crippen molar-refractivity contribution in [2.45, 2.75) is 38.5 Å². The van der Waals surface area contributed by atoms with Gasteiger partial charge in [0, 0.05) is 40.8 Å². The molecule has 190 valence electrons. The molecule has 0 amide bonds. The van der Waals surface area contributed by atoms with Crippen LogP contribution in [-0.4, -0.2) is 44.1 Å². The summed E-state index contributed by atoms with van der Waals surface area (Å²) in [5.41, 5.74) is 4.51. The van der Waals surface area contributed by atoms with Gasteiger partial charge >= 0.3 is 5.97 Å². The summed E-state index contributed by atoms with van der Waals surface area (Å²) in [5, 5.41) is 3.41. The Hall–Kier alpha value is -3.19. The van der Waals surface area contributed by atoms with E-state index < -0.39 is 11.9 Å². The molecule has 2 atom stereocenters. The minimum atomic E-state index is -0.586. The van der Waals surface area contributed by atoms with Crippen molar-refractivity contribution in [1.29, 1.82) is 0 Å². The normalized spacial score (nSPS) is 19.5. The van der Waals surface area contributed by atoms with Crippen LogP contribution in [0.4, 0.5) is 0 Å². The highest BCUT2D eigenvalue weighted by Gasteiger charge is 2.42. The number of ketones is 1. The second-order valence-electron chi connectivity index (χ2n) is 8.87. The third-order valence-corrected chi connectivity index (χ3v) is 7.60. The van der Waals surface area contributed by atoms with Crippen LogP contribution in [0.5, 0.6) is 11.5 Å². The number of rotatable bonds is 9. The fourth-order valence-electron chi connectivity index (χ4n) is 5.05. The second-order valence-corrected chi connectivity index (χ2v) is 10.3. The van der Waals surface area contributed by atoms with E-state index in [9.17, 15) is 9.59 Å². The molecule has 1 aliphatic carbocycles. The van der Waals surface area contributed by atoms with Crippen molar-refractivity contribution in [3.63, 3.8) is 0 Å². The van der Waals surface area contributed by atoms with Gasteiger partial charge in [-0.3, -0.25) is 4.79 Å². The van der Waals surface area contributed by atoms with Crippen molar-refractivity contribution in [1.82, 2.24) is 5.32 Å². The molecule has 6 nitrogen and oxygen atoms in total. The second kappa shape index (κ2) is 11.7. The first-order valence-electron chi connectivity index (χ1n) is 12.2. The summed E-state index contributed by atoms with van der Waals surface area (Å²) in [6, 6.07) is 15.6. The Bertz CT molecular complexity index is 1190. The number of hydrogen-bond acceptors (Lipinski definition) is 7. The van der Waals surface area contributed by atoms with E-state index in [1.165, 1.54) is 0 Å². The van der Waals surface area contributed by atoms with Gasteiger partial charge in [0.05, 0.1) is 25.7 Å². The van der Waals surface area contributed by atoms with Gasteiger partial charge in [-0.2, -0.15) is 11.8 Å². The van der Waals surface area contributed by atoms with Crippen molar-refractivity contribution in [2.24, 2.45) is 0 Å². The minimum absolute atomic E-state index is 0.0276. The predicted molar refractivity (Wildman–Crippen MR) is 143 cm³/mol. The number of benzene rings is 2. The molecule has 0 spiro atoms. The molecule has 0 radical (unpaired) electrons.